The molecule has 3 rings (SSSR count). The van der Waals surface area contributed by atoms with E-state index in [4.69, 9.17) is 23.7 Å². The lowest BCUT2D eigenvalue weighted by Crippen LogP contribution is -2.44. The summed E-state index contributed by atoms with van der Waals surface area (Å²) >= 11 is 0.602. The number of carbonyl (C=O) groups is 5. The first-order chi connectivity index (χ1) is 19.4. The van der Waals surface area contributed by atoms with Crippen LogP contribution in [0.1, 0.15) is 69.8 Å². The molecule has 0 heterocycles. The Kier molecular flexibility index (Phi) is 13.6. The molecule has 1 aromatic rings. The van der Waals surface area contributed by atoms with E-state index >= 15 is 0 Å². The normalized spacial score (nSPS) is 16.7. The maximum absolute atomic E-state index is 12.7. The predicted octanol–water partition coefficient (Wildman–Crippen LogP) is 4.86. The van der Waals surface area contributed by atoms with Gasteiger partial charge in [0.15, 0.2) is 0 Å². The molecule has 2 saturated carbocycles. The van der Waals surface area contributed by atoms with E-state index in [2.05, 4.69) is 5.32 Å². The molecule has 0 unspecified atom stereocenters. The summed E-state index contributed by atoms with van der Waals surface area (Å²) in [5.74, 6) is -2.24. The van der Waals surface area contributed by atoms with Crippen LogP contribution >= 0.6 is 11.8 Å². The van der Waals surface area contributed by atoms with Crippen molar-refractivity contribution >= 4 is 41.1 Å². The largest absolute Gasteiger partial charge is 0.459 e. The number of thioether (sulfide) groups is 1. The Hall–Kier alpha value is -3.28. The number of benzene rings is 1. The summed E-state index contributed by atoms with van der Waals surface area (Å²) in [6, 6.07) is 7.67. The number of hydrogen-bond donors (Lipinski definition) is 1. The lowest BCUT2D eigenvalue weighted by Gasteiger charge is -2.20. The number of rotatable bonds is 12. The Bertz CT molecular complexity index is 977. The number of amides is 1. The van der Waals surface area contributed by atoms with E-state index in [0.29, 0.717) is 11.8 Å². The second-order valence-electron chi connectivity index (χ2n) is 9.76. The maximum atomic E-state index is 12.7. The van der Waals surface area contributed by atoms with Crippen molar-refractivity contribution in [2.45, 2.75) is 76.9 Å². The number of carbonyl (C=O) groups excluding carboxylic acids is 5. The van der Waals surface area contributed by atoms with Crippen LogP contribution in [0.5, 0.6) is 0 Å². The van der Waals surface area contributed by atoms with Gasteiger partial charge in [0.25, 0.3) is 0 Å². The minimum Gasteiger partial charge on any atom is -0.459 e. The Labute approximate surface area is 237 Å². The van der Waals surface area contributed by atoms with Crippen LogP contribution in [-0.2, 0) is 44.7 Å². The van der Waals surface area contributed by atoms with Crippen LogP contribution in [0.25, 0.3) is 0 Å². The van der Waals surface area contributed by atoms with Gasteiger partial charge >= 0.3 is 29.3 Å². The molecule has 12 heteroatoms. The fourth-order valence-electron chi connectivity index (χ4n) is 4.56. The number of nitrogens with one attached hydrogen (secondary N) is 1. The molecule has 2 fully saturated rings. The first-order valence-electron chi connectivity index (χ1n) is 13.7. The Morgan fingerprint density at radius 1 is 0.725 bits per heavy atom. The summed E-state index contributed by atoms with van der Waals surface area (Å²) in [5, 5.41) is 1.54. The molecule has 220 valence electrons. The van der Waals surface area contributed by atoms with Crippen molar-refractivity contribution in [3.63, 3.8) is 0 Å². The van der Waals surface area contributed by atoms with E-state index < -0.39 is 48.9 Å². The second kappa shape index (κ2) is 17.4. The average Bonchev–Trinajstić information content (AvgIpc) is 2.99. The first kappa shape index (κ1) is 31.3. The van der Waals surface area contributed by atoms with Gasteiger partial charge in [-0.1, -0.05) is 68.9 Å². The molecule has 0 saturated heterocycles. The highest BCUT2D eigenvalue weighted by molar-refractivity contribution is 8.13. The van der Waals surface area contributed by atoms with Crippen LogP contribution in [0.2, 0.25) is 0 Å². The SMILES string of the molecule is O=C(N[C@@H](CSC(=O)OCOC(=O)C1CCCCC1)C(=O)OCc1ccccc1)OCOC(=O)C1CCCCC1. The molecule has 0 radical (unpaired) electrons. The van der Waals surface area contributed by atoms with Crippen LogP contribution in [0.15, 0.2) is 30.3 Å². The van der Waals surface area contributed by atoms with Crippen LogP contribution in [0.3, 0.4) is 0 Å². The van der Waals surface area contributed by atoms with Gasteiger partial charge in [-0.25, -0.2) is 14.4 Å². The number of hydrogen-bond acceptors (Lipinski definition) is 11. The van der Waals surface area contributed by atoms with Gasteiger partial charge in [0, 0.05) is 5.75 Å². The van der Waals surface area contributed by atoms with Crippen molar-refractivity contribution in [2.75, 3.05) is 19.3 Å². The van der Waals surface area contributed by atoms with Crippen LogP contribution in [0.4, 0.5) is 9.59 Å². The molecule has 2 aliphatic carbocycles. The quantitative estimate of drug-likeness (QED) is 0.206. The van der Waals surface area contributed by atoms with Crippen molar-refractivity contribution in [3.8, 4) is 0 Å². The van der Waals surface area contributed by atoms with Crippen LogP contribution < -0.4 is 5.32 Å². The second-order valence-corrected chi connectivity index (χ2v) is 10.7. The standard InChI is InChI=1S/C28H37NO10S/c30-24(21-12-6-2-7-13-21)36-18-38-27(33)29-23(26(32)35-16-20-10-4-1-5-11-20)17-40-28(34)39-19-37-25(31)22-14-8-3-9-15-22/h1,4-5,10-11,21-23H,2-3,6-9,12-19H2,(H,29,33)/t23-/m0/s1. The maximum Gasteiger partial charge on any atom is 0.410 e. The summed E-state index contributed by atoms with van der Waals surface area (Å²) < 4.78 is 25.3. The lowest BCUT2D eigenvalue weighted by molar-refractivity contribution is -0.159. The molecular weight excluding hydrogens is 542 g/mol. The first-order valence-corrected chi connectivity index (χ1v) is 14.7. The fourth-order valence-corrected chi connectivity index (χ4v) is 5.22. The van der Waals surface area contributed by atoms with Crippen molar-refractivity contribution in [1.29, 1.82) is 0 Å². The summed E-state index contributed by atoms with van der Waals surface area (Å²) in [6.45, 7) is -1.18. The van der Waals surface area contributed by atoms with Crippen LogP contribution in [-0.4, -0.2) is 54.7 Å². The van der Waals surface area contributed by atoms with Crippen molar-refractivity contribution < 1.29 is 47.7 Å². The van der Waals surface area contributed by atoms with E-state index in [9.17, 15) is 24.0 Å². The molecule has 1 atom stereocenters. The van der Waals surface area contributed by atoms with Crippen LogP contribution in [0, 0.1) is 11.8 Å². The predicted molar refractivity (Wildman–Crippen MR) is 144 cm³/mol. The topological polar surface area (TPSA) is 144 Å². The smallest absolute Gasteiger partial charge is 0.410 e. The summed E-state index contributed by atoms with van der Waals surface area (Å²) in [7, 11) is 0. The summed E-state index contributed by atoms with van der Waals surface area (Å²) in [6.07, 6.45) is 8.01. The monoisotopic (exact) mass is 579 g/mol. The lowest BCUT2D eigenvalue weighted by atomic mass is 9.89. The van der Waals surface area contributed by atoms with E-state index in [0.717, 1.165) is 69.8 Å². The van der Waals surface area contributed by atoms with Crippen molar-refractivity contribution in [2.24, 2.45) is 11.8 Å². The van der Waals surface area contributed by atoms with E-state index in [1.54, 1.807) is 24.3 Å². The van der Waals surface area contributed by atoms with Gasteiger partial charge in [-0.2, -0.15) is 0 Å². The highest BCUT2D eigenvalue weighted by Crippen LogP contribution is 2.25. The highest BCUT2D eigenvalue weighted by Gasteiger charge is 2.27. The van der Waals surface area contributed by atoms with E-state index in [1.807, 2.05) is 6.07 Å². The zero-order valence-electron chi connectivity index (χ0n) is 22.5. The zero-order valence-corrected chi connectivity index (χ0v) is 23.3. The highest BCUT2D eigenvalue weighted by atomic mass is 32.2. The van der Waals surface area contributed by atoms with E-state index in [-0.39, 0.29) is 24.2 Å². The van der Waals surface area contributed by atoms with E-state index in [1.165, 1.54) is 0 Å². The molecule has 0 aromatic heterocycles. The molecule has 40 heavy (non-hydrogen) atoms. The third-order valence-electron chi connectivity index (χ3n) is 6.81. The van der Waals surface area contributed by atoms with Gasteiger partial charge in [-0.05, 0) is 43.0 Å². The van der Waals surface area contributed by atoms with Crippen molar-refractivity contribution in [1.82, 2.24) is 5.32 Å². The average molecular weight is 580 g/mol. The fraction of sp³-hybridized carbons (Fsp3) is 0.607. The molecule has 1 amide bonds. The molecule has 0 bridgehead atoms. The van der Waals surface area contributed by atoms with Gasteiger partial charge in [0.05, 0.1) is 11.8 Å². The van der Waals surface area contributed by atoms with Gasteiger partial charge in [0.2, 0.25) is 13.6 Å². The zero-order chi connectivity index (χ0) is 28.6. The molecule has 1 aromatic carbocycles. The molecule has 0 spiro atoms. The Morgan fingerprint density at radius 2 is 1.27 bits per heavy atom. The molecule has 1 N–H and O–H groups in total. The minimum absolute atomic E-state index is 0.0435. The van der Waals surface area contributed by atoms with Gasteiger partial charge in [0.1, 0.15) is 12.6 Å². The molecule has 0 aliphatic heterocycles. The minimum atomic E-state index is -1.27. The summed E-state index contributed by atoms with van der Waals surface area (Å²) in [4.78, 5) is 61.4. The van der Waals surface area contributed by atoms with Gasteiger partial charge in [-0.15, -0.1) is 0 Å². The molecular formula is C28H37NO10S. The molecule has 2 aliphatic rings. The third kappa shape index (κ3) is 11.4. The summed E-state index contributed by atoms with van der Waals surface area (Å²) in [5.41, 5.74) is 0.735. The number of alkyl carbamates (subject to hydrolysis) is 1. The third-order valence-corrected chi connectivity index (χ3v) is 7.67. The Morgan fingerprint density at radius 3 is 1.85 bits per heavy atom. The Balaban J connectivity index is 1.43. The van der Waals surface area contributed by atoms with Gasteiger partial charge in [-0.3, -0.25) is 9.59 Å². The number of ether oxygens (including phenoxy) is 5. The number of esters is 3. The molecule has 11 nitrogen and oxygen atoms in total. The van der Waals surface area contributed by atoms with Gasteiger partial charge < -0.3 is 29.0 Å². The van der Waals surface area contributed by atoms with Crippen molar-refractivity contribution in [3.05, 3.63) is 35.9 Å².